The number of amides is 1. The first kappa shape index (κ1) is 28.8. The second-order valence-corrected chi connectivity index (χ2v) is 13.1. The van der Waals surface area contributed by atoms with Crippen molar-refractivity contribution in [2.24, 2.45) is 0 Å². The molecule has 8 nitrogen and oxygen atoms in total. The topological polar surface area (TPSA) is 110 Å². The summed E-state index contributed by atoms with van der Waals surface area (Å²) in [5, 5.41) is 2.91. The van der Waals surface area contributed by atoms with Crippen LogP contribution in [-0.2, 0) is 26.4 Å². The van der Waals surface area contributed by atoms with Gasteiger partial charge in [0.25, 0.3) is 15.9 Å². The first-order valence-corrected chi connectivity index (χ1v) is 15.7. The number of para-hydroxylation sites is 1. The van der Waals surface area contributed by atoms with Crippen LogP contribution in [0.1, 0.15) is 34.5 Å². The summed E-state index contributed by atoms with van der Waals surface area (Å²) in [6.45, 7) is 1.77. The lowest BCUT2D eigenvalue weighted by atomic mass is 10.1. The Bertz CT molecular complexity index is 1690. The Morgan fingerprint density at radius 1 is 0.800 bits per heavy atom. The predicted octanol–water partition coefficient (Wildman–Crippen LogP) is 4.99. The number of hydrogen-bond donors (Lipinski definition) is 1. The van der Waals surface area contributed by atoms with E-state index >= 15 is 0 Å². The van der Waals surface area contributed by atoms with E-state index in [-0.39, 0.29) is 27.6 Å². The molecular weight excluding hydrogens is 548 g/mol. The number of carbonyl (C=O) groups is 1. The molecular formula is C30H30N2O6S2. The van der Waals surface area contributed by atoms with E-state index in [9.17, 15) is 21.6 Å². The standard InChI is InChI=1S/C30H30N2O6S2/c1-22(24-13-17-26(18-14-24)39(3,34)35)31-30(33)28-11-7-8-12-29(28)32(21-23-9-5-4-6-10-23)40(36,37)27-19-15-25(38-2)16-20-27/h4-20,22H,21H2,1-3H3,(H,31,33). The van der Waals surface area contributed by atoms with Crippen LogP contribution in [0, 0.1) is 0 Å². The van der Waals surface area contributed by atoms with Gasteiger partial charge in [0.05, 0.1) is 40.7 Å². The van der Waals surface area contributed by atoms with Crippen molar-refractivity contribution < 1.29 is 26.4 Å². The van der Waals surface area contributed by atoms with E-state index in [1.54, 1.807) is 55.5 Å². The summed E-state index contributed by atoms with van der Waals surface area (Å²) in [6, 6.07) is 27.5. The molecule has 10 heteroatoms. The van der Waals surface area contributed by atoms with Crippen molar-refractivity contribution in [3.05, 3.63) is 120 Å². The summed E-state index contributed by atoms with van der Waals surface area (Å²) in [6.07, 6.45) is 1.13. The zero-order valence-electron chi connectivity index (χ0n) is 22.3. The van der Waals surface area contributed by atoms with Crippen LogP contribution in [0.4, 0.5) is 5.69 Å². The lowest BCUT2D eigenvalue weighted by Crippen LogP contribution is -2.34. The second-order valence-electron chi connectivity index (χ2n) is 9.23. The molecule has 0 spiro atoms. The van der Waals surface area contributed by atoms with Crippen LogP contribution in [0.3, 0.4) is 0 Å². The van der Waals surface area contributed by atoms with E-state index in [0.717, 1.165) is 11.8 Å². The molecule has 0 bridgehead atoms. The Morgan fingerprint density at radius 2 is 1.38 bits per heavy atom. The van der Waals surface area contributed by atoms with Crippen LogP contribution in [0.15, 0.2) is 113 Å². The van der Waals surface area contributed by atoms with Crippen LogP contribution in [-0.4, -0.2) is 36.1 Å². The number of sulfonamides is 1. The van der Waals surface area contributed by atoms with Gasteiger partial charge in [0, 0.05) is 6.26 Å². The van der Waals surface area contributed by atoms with E-state index < -0.39 is 31.8 Å². The lowest BCUT2D eigenvalue weighted by Gasteiger charge is -2.27. The van der Waals surface area contributed by atoms with Gasteiger partial charge in [0.2, 0.25) is 0 Å². The van der Waals surface area contributed by atoms with Crippen molar-refractivity contribution in [1.82, 2.24) is 5.32 Å². The third-order valence-corrected chi connectivity index (χ3v) is 9.29. The quantitative estimate of drug-likeness (QED) is 0.284. The molecule has 1 unspecified atom stereocenters. The number of methoxy groups -OCH3 is 1. The van der Waals surface area contributed by atoms with Gasteiger partial charge in [-0.15, -0.1) is 0 Å². The fourth-order valence-corrected chi connectivity index (χ4v) is 6.27. The Balaban J connectivity index is 1.70. The normalized spacial score (nSPS) is 12.4. The maximum atomic E-state index is 14.0. The maximum absolute atomic E-state index is 14.0. The summed E-state index contributed by atoms with van der Waals surface area (Å²) in [5.41, 5.74) is 1.84. The van der Waals surface area contributed by atoms with E-state index in [0.29, 0.717) is 11.3 Å². The summed E-state index contributed by atoms with van der Waals surface area (Å²) in [4.78, 5) is 13.8. The number of hydrogen-bond acceptors (Lipinski definition) is 6. The largest absolute Gasteiger partial charge is 0.497 e. The molecule has 4 rings (SSSR count). The molecule has 0 aliphatic rings. The van der Waals surface area contributed by atoms with Crippen LogP contribution in [0.5, 0.6) is 5.75 Å². The molecule has 0 aliphatic heterocycles. The summed E-state index contributed by atoms with van der Waals surface area (Å²) < 4.78 is 57.9. The zero-order valence-corrected chi connectivity index (χ0v) is 23.9. The molecule has 0 fully saturated rings. The molecule has 1 amide bonds. The summed E-state index contributed by atoms with van der Waals surface area (Å²) in [7, 11) is -5.94. The van der Waals surface area contributed by atoms with Gasteiger partial charge in [-0.25, -0.2) is 16.8 Å². The smallest absolute Gasteiger partial charge is 0.264 e. The lowest BCUT2D eigenvalue weighted by molar-refractivity contribution is 0.0940. The maximum Gasteiger partial charge on any atom is 0.264 e. The Hall–Kier alpha value is -4.15. The minimum absolute atomic E-state index is 0.00199. The number of carbonyl (C=O) groups excluding carboxylic acids is 1. The molecule has 0 heterocycles. The number of rotatable bonds is 10. The van der Waals surface area contributed by atoms with Gasteiger partial charge < -0.3 is 10.1 Å². The average molecular weight is 579 g/mol. The molecule has 1 atom stereocenters. The fraction of sp³-hybridized carbons (Fsp3) is 0.167. The molecule has 1 N–H and O–H groups in total. The van der Waals surface area contributed by atoms with Gasteiger partial charge in [0.1, 0.15) is 5.75 Å². The molecule has 0 aromatic heterocycles. The van der Waals surface area contributed by atoms with Crippen molar-refractivity contribution in [3.8, 4) is 5.75 Å². The van der Waals surface area contributed by atoms with Crippen molar-refractivity contribution in [1.29, 1.82) is 0 Å². The molecule has 208 valence electrons. The number of anilines is 1. The summed E-state index contributed by atoms with van der Waals surface area (Å²) >= 11 is 0. The van der Waals surface area contributed by atoms with Gasteiger partial charge >= 0.3 is 0 Å². The van der Waals surface area contributed by atoms with E-state index in [2.05, 4.69) is 5.32 Å². The van der Waals surface area contributed by atoms with Crippen LogP contribution in [0.25, 0.3) is 0 Å². The molecule has 4 aromatic carbocycles. The van der Waals surface area contributed by atoms with Gasteiger partial charge in [-0.2, -0.15) is 0 Å². The highest BCUT2D eigenvalue weighted by atomic mass is 32.2. The van der Waals surface area contributed by atoms with E-state index in [1.807, 2.05) is 30.3 Å². The van der Waals surface area contributed by atoms with Gasteiger partial charge in [-0.05, 0) is 66.6 Å². The Morgan fingerprint density at radius 3 is 1.98 bits per heavy atom. The third kappa shape index (κ3) is 6.52. The molecule has 0 aliphatic carbocycles. The van der Waals surface area contributed by atoms with Crippen LogP contribution in [0.2, 0.25) is 0 Å². The molecule has 0 saturated carbocycles. The van der Waals surface area contributed by atoms with Crippen molar-refractivity contribution >= 4 is 31.5 Å². The number of ether oxygens (including phenoxy) is 1. The highest BCUT2D eigenvalue weighted by molar-refractivity contribution is 7.92. The SMILES string of the molecule is COc1ccc(S(=O)(=O)N(Cc2ccccc2)c2ccccc2C(=O)NC(C)c2ccc(S(C)(=O)=O)cc2)cc1. The number of benzene rings is 4. The summed E-state index contributed by atoms with van der Waals surface area (Å²) in [5.74, 6) is 0.0465. The monoisotopic (exact) mass is 578 g/mol. The zero-order chi connectivity index (χ0) is 28.9. The molecule has 4 aromatic rings. The van der Waals surface area contributed by atoms with E-state index in [1.165, 1.54) is 35.7 Å². The number of nitrogens with one attached hydrogen (secondary N) is 1. The first-order chi connectivity index (χ1) is 19.0. The van der Waals surface area contributed by atoms with Crippen molar-refractivity contribution in [2.75, 3.05) is 17.7 Å². The second kappa shape index (κ2) is 11.9. The fourth-order valence-electron chi connectivity index (χ4n) is 4.17. The highest BCUT2D eigenvalue weighted by Crippen LogP contribution is 2.30. The van der Waals surface area contributed by atoms with Crippen molar-refractivity contribution in [2.45, 2.75) is 29.3 Å². The van der Waals surface area contributed by atoms with Gasteiger partial charge in [0.15, 0.2) is 9.84 Å². The predicted molar refractivity (Wildman–Crippen MR) is 155 cm³/mol. The van der Waals surface area contributed by atoms with E-state index in [4.69, 9.17) is 4.74 Å². The van der Waals surface area contributed by atoms with Crippen LogP contribution >= 0.6 is 0 Å². The Kier molecular flexibility index (Phi) is 8.61. The number of sulfone groups is 1. The highest BCUT2D eigenvalue weighted by Gasteiger charge is 2.29. The molecule has 0 saturated heterocycles. The minimum Gasteiger partial charge on any atom is -0.497 e. The minimum atomic E-state index is -4.09. The average Bonchev–Trinajstić information content (AvgIpc) is 2.96. The number of nitrogens with zero attached hydrogens (tertiary/aromatic N) is 1. The van der Waals surface area contributed by atoms with Crippen molar-refractivity contribution in [3.63, 3.8) is 0 Å². The van der Waals surface area contributed by atoms with Gasteiger partial charge in [-0.3, -0.25) is 9.10 Å². The molecule has 0 radical (unpaired) electrons. The Labute approximate surface area is 235 Å². The van der Waals surface area contributed by atoms with Crippen LogP contribution < -0.4 is 14.4 Å². The first-order valence-electron chi connectivity index (χ1n) is 12.4. The third-order valence-electron chi connectivity index (χ3n) is 6.39. The van der Waals surface area contributed by atoms with Gasteiger partial charge in [-0.1, -0.05) is 54.6 Å². The molecule has 40 heavy (non-hydrogen) atoms.